The molecule has 0 unspecified atom stereocenters. The fourth-order valence-electron chi connectivity index (χ4n) is 2.04. The van der Waals surface area contributed by atoms with Gasteiger partial charge in [0.25, 0.3) is 5.69 Å². The maximum atomic E-state index is 13.9. The van der Waals surface area contributed by atoms with E-state index in [-0.39, 0.29) is 17.2 Å². The Morgan fingerprint density at radius 1 is 1.25 bits per heavy atom. The van der Waals surface area contributed by atoms with Crippen molar-refractivity contribution >= 4 is 22.7 Å². The van der Waals surface area contributed by atoms with E-state index in [1.807, 2.05) is 6.92 Å². The molecule has 0 aromatic heterocycles. The second kappa shape index (κ2) is 5.56. The minimum Gasteiger partial charge on any atom is -0.397 e. The van der Waals surface area contributed by atoms with E-state index in [1.165, 1.54) is 24.3 Å². The summed E-state index contributed by atoms with van der Waals surface area (Å²) < 4.78 is 13.9. The van der Waals surface area contributed by atoms with Crippen molar-refractivity contribution in [2.24, 2.45) is 0 Å². The van der Waals surface area contributed by atoms with Crippen molar-refractivity contribution in [2.45, 2.75) is 6.92 Å². The lowest BCUT2D eigenvalue weighted by Gasteiger charge is -2.25. The molecule has 0 bridgehead atoms. The highest BCUT2D eigenvalue weighted by atomic mass is 19.1. The minimum absolute atomic E-state index is 0.0872. The number of nitrogen functional groups attached to an aromatic ring is 1. The number of nitrogens with zero attached hydrogens (tertiary/aromatic N) is 2. The SMILES string of the molecule is CCN(c1ccc([N+](=O)[O-])cc1N)c1ccccc1F. The third kappa shape index (κ3) is 2.54. The van der Waals surface area contributed by atoms with E-state index in [9.17, 15) is 14.5 Å². The molecule has 0 aliphatic rings. The van der Waals surface area contributed by atoms with Crippen LogP contribution in [0.15, 0.2) is 42.5 Å². The Hall–Kier alpha value is -2.63. The number of benzene rings is 2. The van der Waals surface area contributed by atoms with Gasteiger partial charge in [0, 0.05) is 18.7 Å². The first kappa shape index (κ1) is 13.8. The van der Waals surface area contributed by atoms with Gasteiger partial charge in [-0.15, -0.1) is 0 Å². The van der Waals surface area contributed by atoms with E-state index in [4.69, 9.17) is 5.73 Å². The van der Waals surface area contributed by atoms with Crippen LogP contribution in [0.25, 0.3) is 0 Å². The van der Waals surface area contributed by atoms with Crippen molar-refractivity contribution in [1.29, 1.82) is 0 Å². The summed E-state index contributed by atoms with van der Waals surface area (Å²) in [4.78, 5) is 11.9. The van der Waals surface area contributed by atoms with Gasteiger partial charge in [-0.2, -0.15) is 0 Å². The Labute approximate surface area is 115 Å². The fraction of sp³-hybridized carbons (Fsp3) is 0.143. The van der Waals surface area contributed by atoms with Crippen LogP contribution in [-0.2, 0) is 0 Å². The van der Waals surface area contributed by atoms with Crippen LogP contribution in [0.2, 0.25) is 0 Å². The number of halogens is 1. The molecule has 2 aromatic carbocycles. The van der Waals surface area contributed by atoms with Gasteiger partial charge < -0.3 is 10.6 Å². The summed E-state index contributed by atoms with van der Waals surface area (Å²) in [6, 6.07) is 10.5. The number of hydrogen-bond donors (Lipinski definition) is 1. The second-order valence-corrected chi connectivity index (χ2v) is 4.20. The van der Waals surface area contributed by atoms with Crippen LogP contribution >= 0.6 is 0 Å². The van der Waals surface area contributed by atoms with Gasteiger partial charge in [-0.1, -0.05) is 12.1 Å². The summed E-state index contributed by atoms with van der Waals surface area (Å²) >= 11 is 0. The summed E-state index contributed by atoms with van der Waals surface area (Å²) in [6.07, 6.45) is 0. The number of nitro groups is 1. The molecule has 0 fully saturated rings. The molecule has 2 N–H and O–H groups in total. The van der Waals surface area contributed by atoms with Crippen LogP contribution in [0.5, 0.6) is 0 Å². The van der Waals surface area contributed by atoms with Crippen molar-refractivity contribution in [3.63, 3.8) is 0 Å². The monoisotopic (exact) mass is 275 g/mol. The number of para-hydroxylation sites is 1. The van der Waals surface area contributed by atoms with Gasteiger partial charge in [0.15, 0.2) is 0 Å². The Kier molecular flexibility index (Phi) is 3.84. The fourth-order valence-corrected chi connectivity index (χ4v) is 2.04. The average Bonchev–Trinajstić information content (AvgIpc) is 2.43. The highest BCUT2D eigenvalue weighted by Crippen LogP contribution is 2.33. The van der Waals surface area contributed by atoms with Gasteiger partial charge in [-0.25, -0.2) is 4.39 Å². The molecule has 2 rings (SSSR count). The molecule has 5 nitrogen and oxygen atoms in total. The largest absolute Gasteiger partial charge is 0.397 e. The Balaban J connectivity index is 2.48. The number of nitrogens with two attached hydrogens (primary N) is 1. The van der Waals surface area contributed by atoms with E-state index in [0.717, 1.165) is 0 Å². The molecule has 0 radical (unpaired) electrons. The van der Waals surface area contributed by atoms with Crippen LogP contribution < -0.4 is 10.6 Å². The summed E-state index contributed by atoms with van der Waals surface area (Å²) in [5.41, 5.74) is 6.94. The van der Waals surface area contributed by atoms with E-state index >= 15 is 0 Å². The predicted octanol–water partition coefficient (Wildman–Crippen LogP) is 3.47. The predicted molar refractivity (Wildman–Crippen MR) is 76.6 cm³/mol. The van der Waals surface area contributed by atoms with E-state index < -0.39 is 4.92 Å². The molecule has 2 aromatic rings. The molecule has 6 heteroatoms. The standard InChI is InChI=1S/C14H14FN3O2/c1-2-17(13-6-4-3-5-11(13)15)14-8-7-10(18(19)20)9-12(14)16/h3-9H,2,16H2,1H3. The van der Waals surface area contributed by atoms with Crippen LogP contribution in [-0.4, -0.2) is 11.5 Å². The summed E-state index contributed by atoms with van der Waals surface area (Å²) in [6.45, 7) is 2.34. The van der Waals surface area contributed by atoms with Crippen LogP contribution in [0.3, 0.4) is 0 Å². The normalized spacial score (nSPS) is 10.3. The van der Waals surface area contributed by atoms with Crippen molar-refractivity contribution < 1.29 is 9.31 Å². The average molecular weight is 275 g/mol. The molecular weight excluding hydrogens is 261 g/mol. The summed E-state index contributed by atoms with van der Waals surface area (Å²) in [5, 5.41) is 10.7. The molecule has 0 atom stereocenters. The van der Waals surface area contributed by atoms with Gasteiger partial charge >= 0.3 is 0 Å². The van der Waals surface area contributed by atoms with Gasteiger partial charge in [0.2, 0.25) is 0 Å². The first-order valence-corrected chi connectivity index (χ1v) is 6.10. The molecular formula is C14H14FN3O2. The molecule has 0 aliphatic carbocycles. The van der Waals surface area contributed by atoms with Crippen molar-refractivity contribution in [3.8, 4) is 0 Å². The second-order valence-electron chi connectivity index (χ2n) is 4.20. The number of rotatable bonds is 4. The molecule has 0 heterocycles. The number of non-ortho nitro benzene ring substituents is 1. The Morgan fingerprint density at radius 2 is 1.95 bits per heavy atom. The van der Waals surface area contributed by atoms with Crippen LogP contribution in [0, 0.1) is 15.9 Å². The van der Waals surface area contributed by atoms with E-state index in [1.54, 1.807) is 23.1 Å². The highest BCUT2D eigenvalue weighted by molar-refractivity contribution is 5.76. The Morgan fingerprint density at radius 3 is 2.50 bits per heavy atom. The summed E-state index contributed by atoms with van der Waals surface area (Å²) in [5.74, 6) is -0.368. The third-order valence-corrected chi connectivity index (χ3v) is 2.97. The molecule has 0 spiro atoms. The zero-order valence-electron chi connectivity index (χ0n) is 10.9. The molecule has 0 aliphatic heterocycles. The number of hydrogen-bond acceptors (Lipinski definition) is 4. The molecule has 0 saturated heterocycles. The lowest BCUT2D eigenvalue weighted by atomic mass is 10.2. The zero-order valence-corrected chi connectivity index (χ0v) is 10.9. The zero-order chi connectivity index (χ0) is 14.7. The van der Waals surface area contributed by atoms with Gasteiger partial charge in [0.05, 0.1) is 22.0 Å². The number of nitro benzene ring substituents is 1. The van der Waals surface area contributed by atoms with E-state index in [2.05, 4.69) is 0 Å². The molecule has 104 valence electrons. The van der Waals surface area contributed by atoms with Gasteiger partial charge in [-0.05, 0) is 25.1 Å². The topological polar surface area (TPSA) is 72.4 Å². The molecule has 20 heavy (non-hydrogen) atoms. The quantitative estimate of drug-likeness (QED) is 0.526. The Bertz CT molecular complexity index is 646. The van der Waals surface area contributed by atoms with Crippen LogP contribution in [0.4, 0.5) is 27.1 Å². The summed E-state index contributed by atoms with van der Waals surface area (Å²) in [7, 11) is 0. The maximum absolute atomic E-state index is 13.9. The van der Waals surface area contributed by atoms with Crippen molar-refractivity contribution in [3.05, 3.63) is 58.4 Å². The first-order valence-electron chi connectivity index (χ1n) is 6.10. The molecule has 0 saturated carbocycles. The minimum atomic E-state index is -0.514. The van der Waals surface area contributed by atoms with Gasteiger partial charge in [0.1, 0.15) is 5.82 Å². The molecule has 0 amide bonds. The van der Waals surface area contributed by atoms with E-state index in [0.29, 0.717) is 17.9 Å². The first-order chi connectivity index (χ1) is 9.54. The highest BCUT2D eigenvalue weighted by Gasteiger charge is 2.16. The van der Waals surface area contributed by atoms with Crippen LogP contribution in [0.1, 0.15) is 6.92 Å². The third-order valence-electron chi connectivity index (χ3n) is 2.97. The maximum Gasteiger partial charge on any atom is 0.271 e. The van der Waals surface area contributed by atoms with Crippen molar-refractivity contribution in [1.82, 2.24) is 0 Å². The number of anilines is 3. The lowest BCUT2D eigenvalue weighted by Crippen LogP contribution is -2.18. The van der Waals surface area contributed by atoms with Crippen molar-refractivity contribution in [2.75, 3.05) is 17.2 Å². The lowest BCUT2D eigenvalue weighted by molar-refractivity contribution is -0.384. The smallest absolute Gasteiger partial charge is 0.271 e. The van der Waals surface area contributed by atoms with Gasteiger partial charge in [-0.3, -0.25) is 10.1 Å².